The lowest BCUT2D eigenvalue weighted by atomic mass is 9.97. The number of thiol groups is 1. The highest BCUT2D eigenvalue weighted by Crippen LogP contribution is 2.25. The van der Waals surface area contributed by atoms with Crippen molar-refractivity contribution >= 4 is 21.4 Å². The first-order chi connectivity index (χ1) is 15.2. The van der Waals surface area contributed by atoms with Gasteiger partial charge in [-0.1, -0.05) is 91.4 Å². The summed E-state index contributed by atoms with van der Waals surface area (Å²) in [6.45, 7) is 9.26. The Bertz CT molecular complexity index is 393. The van der Waals surface area contributed by atoms with Gasteiger partial charge in [0.05, 0.1) is 0 Å². The molecule has 0 bridgehead atoms. The Kier molecular flexibility index (Phi) is 18.8. The molecule has 4 nitrogen and oxygen atoms in total. The van der Waals surface area contributed by atoms with Gasteiger partial charge in [-0.25, -0.2) is 5.48 Å². The number of hydroxylamine groups is 1. The Balaban J connectivity index is 2.35. The van der Waals surface area contributed by atoms with Crippen LogP contribution in [0.15, 0.2) is 0 Å². The van der Waals surface area contributed by atoms with Crippen LogP contribution in [-0.4, -0.2) is 34.3 Å². The van der Waals surface area contributed by atoms with Crippen LogP contribution in [0.2, 0.25) is 6.04 Å². The van der Waals surface area contributed by atoms with Crippen molar-refractivity contribution in [1.82, 2.24) is 5.48 Å². The zero-order valence-electron chi connectivity index (χ0n) is 21.0. The summed E-state index contributed by atoms with van der Waals surface area (Å²) in [5.41, 5.74) is 3.28. The quantitative estimate of drug-likeness (QED) is 0.115. The molecule has 3 unspecified atom stereocenters. The fourth-order valence-electron chi connectivity index (χ4n) is 4.30. The second-order valence-corrected chi connectivity index (χ2v) is 12.5. The highest BCUT2D eigenvalue weighted by molar-refractivity contribution is 7.80. The summed E-state index contributed by atoms with van der Waals surface area (Å²) in [6, 6.07) is 0.858. The summed E-state index contributed by atoms with van der Waals surface area (Å²) in [5.74, 6) is 2.09. The second-order valence-electron chi connectivity index (χ2n) is 9.45. The normalized spacial score (nSPS) is 23.4. The molecule has 0 amide bonds. The molecular weight excluding hydrogens is 422 g/mol. The van der Waals surface area contributed by atoms with E-state index in [1.54, 1.807) is 0 Å². The number of nitrogens with one attached hydrogen (secondary N) is 1. The lowest BCUT2D eigenvalue weighted by Gasteiger charge is -2.34. The van der Waals surface area contributed by atoms with E-state index in [0.29, 0.717) is 11.8 Å². The van der Waals surface area contributed by atoms with Crippen LogP contribution in [0, 0.1) is 11.8 Å². The molecule has 1 fully saturated rings. The van der Waals surface area contributed by atoms with Crippen molar-refractivity contribution in [1.29, 1.82) is 0 Å². The van der Waals surface area contributed by atoms with Gasteiger partial charge in [-0.2, -0.15) is 12.6 Å². The van der Waals surface area contributed by atoms with Crippen molar-refractivity contribution < 1.29 is 13.4 Å². The smallest absolute Gasteiger partial charge is 0.373 e. The van der Waals surface area contributed by atoms with Crippen molar-refractivity contribution in [3.8, 4) is 0 Å². The van der Waals surface area contributed by atoms with Crippen molar-refractivity contribution in [3.05, 3.63) is 0 Å². The van der Waals surface area contributed by atoms with E-state index in [4.69, 9.17) is 13.4 Å². The first-order valence-electron chi connectivity index (χ1n) is 13.5. The Labute approximate surface area is 200 Å². The third kappa shape index (κ3) is 14.3. The van der Waals surface area contributed by atoms with E-state index < -0.39 is 8.80 Å². The number of hydrogen-bond donors (Lipinski definition) is 2. The molecule has 31 heavy (non-hydrogen) atoms. The minimum atomic E-state index is -2.65. The summed E-state index contributed by atoms with van der Waals surface area (Å²) in [5, 5.41) is 0. The maximum atomic E-state index is 6.44. The highest BCUT2D eigenvalue weighted by Gasteiger charge is 2.43. The van der Waals surface area contributed by atoms with Gasteiger partial charge in [0.2, 0.25) is 0 Å². The van der Waals surface area contributed by atoms with E-state index >= 15 is 0 Å². The SMILES string of the molecule is CCCCCCCCCCC1CCO[Si](CCCS)(OCC(CC)CCCC)ONC1. The average Bonchev–Trinajstić information content (AvgIpc) is 2.77. The van der Waals surface area contributed by atoms with E-state index in [1.165, 1.54) is 77.0 Å². The van der Waals surface area contributed by atoms with E-state index in [1.807, 2.05) is 0 Å². The van der Waals surface area contributed by atoms with Crippen molar-refractivity contribution in [2.24, 2.45) is 11.8 Å². The van der Waals surface area contributed by atoms with Gasteiger partial charge < -0.3 is 8.85 Å². The topological polar surface area (TPSA) is 39.7 Å². The molecule has 0 spiro atoms. The first kappa shape index (κ1) is 29.4. The monoisotopic (exact) mass is 475 g/mol. The molecule has 1 N–H and O–H groups in total. The van der Waals surface area contributed by atoms with E-state index in [-0.39, 0.29) is 0 Å². The van der Waals surface area contributed by atoms with Gasteiger partial charge >= 0.3 is 8.80 Å². The summed E-state index contributed by atoms with van der Waals surface area (Å²) in [6.07, 6.45) is 19.3. The number of unbranched alkanes of at least 4 members (excludes halogenated alkanes) is 8. The molecule has 1 heterocycles. The molecule has 1 saturated heterocycles. The fourth-order valence-corrected chi connectivity index (χ4v) is 7.18. The van der Waals surface area contributed by atoms with Crippen LogP contribution in [-0.2, 0) is 13.4 Å². The zero-order chi connectivity index (χ0) is 22.6. The number of hydrogen-bond acceptors (Lipinski definition) is 5. The summed E-state index contributed by atoms with van der Waals surface area (Å²) >= 11 is 4.41. The third-order valence-electron chi connectivity index (χ3n) is 6.64. The largest absolute Gasteiger partial charge is 0.517 e. The van der Waals surface area contributed by atoms with Crippen LogP contribution in [0.5, 0.6) is 0 Å². The third-order valence-corrected chi connectivity index (χ3v) is 9.62. The van der Waals surface area contributed by atoms with Crippen LogP contribution in [0.1, 0.15) is 117 Å². The van der Waals surface area contributed by atoms with Crippen molar-refractivity contribution in [2.45, 2.75) is 123 Å². The van der Waals surface area contributed by atoms with Crippen LogP contribution in [0.4, 0.5) is 0 Å². The van der Waals surface area contributed by atoms with Crippen LogP contribution in [0.25, 0.3) is 0 Å². The van der Waals surface area contributed by atoms with Crippen LogP contribution in [0.3, 0.4) is 0 Å². The van der Waals surface area contributed by atoms with Gasteiger partial charge in [0.15, 0.2) is 0 Å². The maximum absolute atomic E-state index is 6.44. The molecule has 0 aromatic carbocycles. The average molecular weight is 476 g/mol. The standard InChI is InChI=1S/C25H53NO3SSi/c1-4-7-9-10-11-12-13-14-17-25-18-19-27-31(21-15-20-30,29-26-22-25)28-23-24(6-3)16-8-5-2/h24-26,30H,4-23H2,1-3H3. The predicted octanol–water partition coefficient (Wildman–Crippen LogP) is 7.57. The van der Waals surface area contributed by atoms with Gasteiger partial charge in [0, 0.05) is 25.8 Å². The van der Waals surface area contributed by atoms with Crippen molar-refractivity contribution in [2.75, 3.05) is 25.5 Å². The van der Waals surface area contributed by atoms with Crippen LogP contribution >= 0.6 is 12.6 Å². The molecule has 0 aromatic heterocycles. The molecule has 0 aromatic rings. The Morgan fingerprint density at radius 3 is 2.35 bits per heavy atom. The molecular formula is C25H53NO3SSi. The summed E-state index contributed by atoms with van der Waals surface area (Å²) < 4.78 is 19.0. The molecule has 3 atom stereocenters. The zero-order valence-corrected chi connectivity index (χ0v) is 22.9. The fraction of sp³-hybridized carbons (Fsp3) is 1.00. The summed E-state index contributed by atoms with van der Waals surface area (Å²) in [7, 11) is -2.65. The lowest BCUT2D eigenvalue weighted by molar-refractivity contribution is -0.0107. The van der Waals surface area contributed by atoms with Gasteiger partial charge in [0.25, 0.3) is 0 Å². The molecule has 1 aliphatic rings. The molecule has 0 radical (unpaired) electrons. The van der Waals surface area contributed by atoms with Gasteiger partial charge in [-0.05, 0) is 43.3 Å². The van der Waals surface area contributed by atoms with Gasteiger partial charge in [0.1, 0.15) is 0 Å². The lowest BCUT2D eigenvalue weighted by Crippen LogP contribution is -2.52. The van der Waals surface area contributed by atoms with E-state index in [2.05, 4.69) is 38.9 Å². The molecule has 0 saturated carbocycles. The van der Waals surface area contributed by atoms with Gasteiger partial charge in [-0.15, -0.1) is 0 Å². The molecule has 0 aliphatic carbocycles. The maximum Gasteiger partial charge on any atom is 0.517 e. The van der Waals surface area contributed by atoms with Crippen LogP contribution < -0.4 is 5.48 Å². The highest BCUT2D eigenvalue weighted by atomic mass is 32.1. The second kappa shape index (κ2) is 19.8. The minimum absolute atomic E-state index is 0.604. The van der Waals surface area contributed by atoms with Gasteiger partial charge in [-0.3, -0.25) is 4.53 Å². The molecule has 1 rings (SSSR count). The predicted molar refractivity (Wildman–Crippen MR) is 139 cm³/mol. The molecule has 186 valence electrons. The Morgan fingerprint density at radius 2 is 1.68 bits per heavy atom. The first-order valence-corrected chi connectivity index (χ1v) is 16.1. The van der Waals surface area contributed by atoms with E-state index in [0.717, 1.165) is 50.8 Å². The molecule has 1 aliphatic heterocycles. The Morgan fingerprint density at radius 1 is 0.968 bits per heavy atom. The minimum Gasteiger partial charge on any atom is -0.373 e. The van der Waals surface area contributed by atoms with Crippen molar-refractivity contribution in [3.63, 3.8) is 0 Å². The van der Waals surface area contributed by atoms with E-state index in [9.17, 15) is 0 Å². The summed E-state index contributed by atoms with van der Waals surface area (Å²) in [4.78, 5) is 0. The molecule has 6 heteroatoms. The number of rotatable bonds is 19. The Hall–Kier alpha value is 0.407.